The number of ether oxygens (including phenoxy) is 1. The number of fused-ring (bicyclic) bond motifs is 1. The molecule has 170 valence electrons. The second kappa shape index (κ2) is 9.29. The normalized spacial score (nSPS) is 12.6. The van der Waals surface area contributed by atoms with Gasteiger partial charge >= 0.3 is 6.03 Å². The number of aromatic nitrogens is 2. The zero-order chi connectivity index (χ0) is 23.5. The second-order valence-electron chi connectivity index (χ2n) is 7.67. The van der Waals surface area contributed by atoms with Crippen LogP contribution < -0.4 is 20.3 Å². The van der Waals surface area contributed by atoms with Crippen molar-refractivity contribution in [1.29, 1.82) is 0 Å². The van der Waals surface area contributed by atoms with Crippen molar-refractivity contribution in [2.24, 2.45) is 0 Å². The molecule has 0 bridgehead atoms. The van der Waals surface area contributed by atoms with Gasteiger partial charge in [0, 0.05) is 28.5 Å². The lowest BCUT2D eigenvalue weighted by Crippen LogP contribution is -2.38. The van der Waals surface area contributed by atoms with Crippen molar-refractivity contribution in [1.82, 2.24) is 10.2 Å². The number of halogens is 1. The van der Waals surface area contributed by atoms with E-state index in [4.69, 9.17) is 16.3 Å². The van der Waals surface area contributed by atoms with E-state index < -0.39 is 6.03 Å². The van der Waals surface area contributed by atoms with Crippen molar-refractivity contribution >= 4 is 40.6 Å². The largest absolute Gasteiger partial charge is 0.481 e. The van der Waals surface area contributed by atoms with Crippen molar-refractivity contribution in [2.45, 2.75) is 6.54 Å². The number of aromatic amines is 1. The summed E-state index contributed by atoms with van der Waals surface area (Å²) in [6.07, 6.45) is 1.60. The van der Waals surface area contributed by atoms with Crippen molar-refractivity contribution < 1.29 is 14.3 Å². The van der Waals surface area contributed by atoms with Gasteiger partial charge in [0.1, 0.15) is 11.4 Å². The molecule has 2 heterocycles. The van der Waals surface area contributed by atoms with E-state index in [0.29, 0.717) is 40.1 Å². The first kappa shape index (κ1) is 21.5. The van der Waals surface area contributed by atoms with Crippen LogP contribution in [0.5, 0.6) is 5.75 Å². The fourth-order valence-electron chi connectivity index (χ4n) is 3.72. The molecule has 3 N–H and O–H groups in total. The maximum atomic E-state index is 12.7. The number of hydrogen-bond acceptors (Lipinski definition) is 4. The number of nitrogens with zero attached hydrogens (tertiary/aromatic N) is 2. The van der Waals surface area contributed by atoms with E-state index in [-0.39, 0.29) is 12.5 Å². The van der Waals surface area contributed by atoms with E-state index in [9.17, 15) is 9.59 Å². The predicted molar refractivity (Wildman–Crippen MR) is 131 cm³/mol. The highest BCUT2D eigenvalue weighted by Crippen LogP contribution is 2.35. The summed E-state index contributed by atoms with van der Waals surface area (Å²) in [5.74, 6) is 0.406. The van der Waals surface area contributed by atoms with E-state index in [1.54, 1.807) is 41.4 Å². The van der Waals surface area contributed by atoms with Gasteiger partial charge in [0.25, 0.3) is 5.91 Å². The summed E-state index contributed by atoms with van der Waals surface area (Å²) in [7, 11) is 0. The molecular weight excluding hydrogens is 454 g/mol. The standard InChI is InChI=1S/C25H20ClN5O3/c26-18-8-6-17(7-9-18)24-20(13-27-30-24)29-25(33)28-19-10-11-21-22(12-19)34-15-23(32)31(21)14-16-4-2-1-3-5-16/h1-13H,14-15H2,(H,27,30)(H2,28,29,33). The van der Waals surface area contributed by atoms with Crippen LogP contribution in [0.1, 0.15) is 5.56 Å². The molecule has 4 aromatic rings. The number of benzene rings is 3. The van der Waals surface area contributed by atoms with Gasteiger partial charge < -0.3 is 20.3 Å². The van der Waals surface area contributed by atoms with Crippen LogP contribution in [0.3, 0.4) is 0 Å². The number of rotatable bonds is 5. The molecular formula is C25H20ClN5O3. The molecule has 0 aliphatic carbocycles. The molecule has 0 spiro atoms. The van der Waals surface area contributed by atoms with E-state index in [1.165, 1.54) is 0 Å². The van der Waals surface area contributed by atoms with Gasteiger partial charge in [-0.2, -0.15) is 5.10 Å². The molecule has 3 amide bonds. The quantitative estimate of drug-likeness (QED) is 0.366. The molecule has 0 saturated carbocycles. The third-order valence-corrected chi connectivity index (χ3v) is 5.60. The molecule has 34 heavy (non-hydrogen) atoms. The van der Waals surface area contributed by atoms with Crippen LogP contribution in [0.15, 0.2) is 79.0 Å². The highest BCUT2D eigenvalue weighted by atomic mass is 35.5. The van der Waals surface area contributed by atoms with E-state index in [2.05, 4.69) is 20.8 Å². The van der Waals surface area contributed by atoms with Gasteiger partial charge in [0.2, 0.25) is 0 Å². The Kier molecular flexibility index (Phi) is 5.88. The third kappa shape index (κ3) is 4.57. The van der Waals surface area contributed by atoms with Crippen LogP contribution in [-0.2, 0) is 11.3 Å². The molecule has 5 rings (SSSR count). The van der Waals surface area contributed by atoms with Gasteiger partial charge in [-0.1, -0.05) is 54.1 Å². The highest BCUT2D eigenvalue weighted by molar-refractivity contribution is 6.30. The Bertz CT molecular complexity index is 1340. The minimum Gasteiger partial charge on any atom is -0.481 e. The molecule has 8 nitrogen and oxygen atoms in total. The van der Waals surface area contributed by atoms with Crippen LogP contribution in [0, 0.1) is 0 Å². The summed E-state index contributed by atoms with van der Waals surface area (Å²) >= 11 is 5.96. The first-order chi connectivity index (χ1) is 16.6. The molecule has 0 unspecified atom stereocenters. The van der Waals surface area contributed by atoms with Crippen LogP contribution in [-0.4, -0.2) is 28.7 Å². The number of carbonyl (C=O) groups is 2. The van der Waals surface area contributed by atoms with Crippen molar-refractivity contribution in [3.05, 3.63) is 89.6 Å². The van der Waals surface area contributed by atoms with E-state index in [1.807, 2.05) is 42.5 Å². The SMILES string of the molecule is O=C(Nc1ccc2c(c1)OCC(=O)N2Cc1ccccc1)Nc1c[nH]nc1-c1ccc(Cl)cc1. The van der Waals surface area contributed by atoms with Gasteiger partial charge in [0.05, 0.1) is 17.9 Å². The lowest BCUT2D eigenvalue weighted by atomic mass is 10.1. The third-order valence-electron chi connectivity index (χ3n) is 5.35. The Labute approximate surface area is 200 Å². The van der Waals surface area contributed by atoms with Gasteiger partial charge in [-0.3, -0.25) is 9.89 Å². The lowest BCUT2D eigenvalue weighted by molar-refractivity contribution is -0.121. The molecule has 0 saturated heterocycles. The summed E-state index contributed by atoms with van der Waals surface area (Å²) < 4.78 is 5.63. The van der Waals surface area contributed by atoms with Gasteiger partial charge in [-0.25, -0.2) is 4.79 Å². The van der Waals surface area contributed by atoms with Gasteiger partial charge in [-0.05, 0) is 29.8 Å². The monoisotopic (exact) mass is 473 g/mol. The van der Waals surface area contributed by atoms with Crippen LogP contribution >= 0.6 is 11.6 Å². The first-order valence-corrected chi connectivity index (χ1v) is 10.9. The van der Waals surface area contributed by atoms with Gasteiger partial charge in [0.15, 0.2) is 6.61 Å². The number of carbonyl (C=O) groups excluding carboxylic acids is 2. The molecule has 0 atom stereocenters. The Morgan fingerprint density at radius 1 is 1.06 bits per heavy atom. The molecule has 9 heteroatoms. The Hall–Kier alpha value is -4.30. The number of nitrogens with one attached hydrogen (secondary N) is 3. The van der Waals surface area contributed by atoms with Crippen molar-refractivity contribution in [3.63, 3.8) is 0 Å². The summed E-state index contributed by atoms with van der Waals surface area (Å²) in [6, 6.07) is 21.7. The average Bonchev–Trinajstić information content (AvgIpc) is 3.30. The maximum absolute atomic E-state index is 12.7. The topological polar surface area (TPSA) is 99.4 Å². The predicted octanol–water partition coefficient (Wildman–Crippen LogP) is 5.30. The molecule has 0 radical (unpaired) electrons. The summed E-state index contributed by atoms with van der Waals surface area (Å²) in [5, 5.41) is 13.2. The average molecular weight is 474 g/mol. The summed E-state index contributed by atoms with van der Waals surface area (Å²) in [4.78, 5) is 26.8. The van der Waals surface area contributed by atoms with Gasteiger partial charge in [-0.15, -0.1) is 0 Å². The molecule has 0 fully saturated rings. The summed E-state index contributed by atoms with van der Waals surface area (Å²) in [6.45, 7) is 0.381. The number of anilines is 3. The zero-order valence-corrected chi connectivity index (χ0v) is 18.7. The Morgan fingerprint density at radius 3 is 2.65 bits per heavy atom. The highest BCUT2D eigenvalue weighted by Gasteiger charge is 2.26. The minimum atomic E-state index is -0.440. The van der Waals surface area contributed by atoms with Crippen molar-refractivity contribution in [3.8, 4) is 17.0 Å². The first-order valence-electron chi connectivity index (χ1n) is 10.6. The second-order valence-corrected chi connectivity index (χ2v) is 8.11. The van der Waals surface area contributed by atoms with Crippen molar-refractivity contribution in [2.75, 3.05) is 22.1 Å². The van der Waals surface area contributed by atoms with E-state index in [0.717, 1.165) is 11.1 Å². The maximum Gasteiger partial charge on any atom is 0.323 e. The van der Waals surface area contributed by atoms with E-state index >= 15 is 0 Å². The zero-order valence-electron chi connectivity index (χ0n) is 17.9. The minimum absolute atomic E-state index is 0.0606. The smallest absolute Gasteiger partial charge is 0.323 e. The van der Waals surface area contributed by atoms with Crippen LogP contribution in [0.4, 0.5) is 21.9 Å². The number of urea groups is 1. The molecule has 1 aromatic heterocycles. The molecule has 1 aliphatic rings. The fourth-order valence-corrected chi connectivity index (χ4v) is 3.85. The number of amides is 3. The fraction of sp³-hybridized carbons (Fsp3) is 0.0800. The Balaban J connectivity index is 1.30. The Morgan fingerprint density at radius 2 is 1.85 bits per heavy atom. The number of hydrogen-bond donors (Lipinski definition) is 3. The molecule has 1 aliphatic heterocycles. The van der Waals surface area contributed by atoms with Crippen LogP contribution in [0.2, 0.25) is 5.02 Å². The van der Waals surface area contributed by atoms with Crippen LogP contribution in [0.25, 0.3) is 11.3 Å². The number of H-pyrrole nitrogens is 1. The summed E-state index contributed by atoms with van der Waals surface area (Å²) in [5.41, 5.74) is 4.13. The molecule has 3 aromatic carbocycles. The lowest BCUT2D eigenvalue weighted by Gasteiger charge is -2.29.